The summed E-state index contributed by atoms with van der Waals surface area (Å²) in [6.45, 7) is 0.797. The van der Waals surface area contributed by atoms with E-state index in [1.165, 1.54) is 0 Å². The second-order valence-corrected chi connectivity index (χ2v) is 5.62. The highest BCUT2D eigenvalue weighted by atomic mass is 16.5. The summed E-state index contributed by atoms with van der Waals surface area (Å²) in [4.78, 5) is 13.8. The summed E-state index contributed by atoms with van der Waals surface area (Å²) < 4.78 is 11.2. The molecule has 2 amide bonds. The molecule has 3 rings (SSSR count). The number of nitrogens with zero attached hydrogens (tertiary/aromatic N) is 1. The van der Waals surface area contributed by atoms with Gasteiger partial charge in [-0.25, -0.2) is 4.79 Å². The van der Waals surface area contributed by atoms with Gasteiger partial charge in [0.1, 0.15) is 17.3 Å². The van der Waals surface area contributed by atoms with Crippen LogP contribution < -0.4 is 10.1 Å². The van der Waals surface area contributed by atoms with E-state index in [9.17, 15) is 4.79 Å². The summed E-state index contributed by atoms with van der Waals surface area (Å²) in [6.07, 6.45) is 1.60. The molecule has 1 N–H and O–H groups in total. The van der Waals surface area contributed by atoms with Crippen LogP contribution in [0.15, 0.2) is 77.4 Å². The Hall–Kier alpha value is -3.21. The first kappa shape index (κ1) is 16.6. The van der Waals surface area contributed by atoms with Crippen LogP contribution in [0, 0.1) is 0 Å². The highest BCUT2D eigenvalue weighted by Gasteiger charge is 2.11. The molecule has 3 aromatic rings. The monoisotopic (exact) mass is 336 g/mol. The number of carbonyl (C=O) groups is 1. The molecule has 0 aliphatic heterocycles. The topological polar surface area (TPSA) is 54.7 Å². The summed E-state index contributed by atoms with van der Waals surface area (Å²) in [5.74, 6) is 2.23. The van der Waals surface area contributed by atoms with Crippen molar-refractivity contribution in [1.29, 1.82) is 0 Å². The zero-order valence-corrected chi connectivity index (χ0v) is 14.0. The number of rotatable bonds is 6. The van der Waals surface area contributed by atoms with Gasteiger partial charge >= 0.3 is 6.03 Å². The molecule has 128 valence electrons. The third-order valence-corrected chi connectivity index (χ3v) is 3.69. The van der Waals surface area contributed by atoms with E-state index in [0.717, 1.165) is 22.8 Å². The maximum absolute atomic E-state index is 12.2. The summed E-state index contributed by atoms with van der Waals surface area (Å²) >= 11 is 0. The number of carbonyl (C=O) groups excluding carboxylic acids is 1. The van der Waals surface area contributed by atoms with Gasteiger partial charge in [-0.15, -0.1) is 0 Å². The Labute approximate surface area is 146 Å². The third kappa shape index (κ3) is 4.64. The van der Waals surface area contributed by atoms with E-state index in [2.05, 4.69) is 5.32 Å². The smallest absolute Gasteiger partial charge is 0.317 e. The van der Waals surface area contributed by atoms with E-state index in [1.807, 2.05) is 60.7 Å². The SMILES string of the molecule is CN(Cc1ccco1)C(=O)NCc1ccccc1Oc1ccccc1. The lowest BCUT2D eigenvalue weighted by molar-refractivity contribution is 0.202. The Kier molecular flexibility index (Phi) is 5.36. The lowest BCUT2D eigenvalue weighted by atomic mass is 10.2. The predicted molar refractivity (Wildman–Crippen MR) is 95.4 cm³/mol. The number of benzene rings is 2. The molecule has 0 saturated carbocycles. The van der Waals surface area contributed by atoms with Crippen LogP contribution >= 0.6 is 0 Å². The molecular formula is C20H20N2O3. The van der Waals surface area contributed by atoms with Gasteiger partial charge in [0, 0.05) is 19.2 Å². The van der Waals surface area contributed by atoms with Crippen molar-refractivity contribution in [3.05, 3.63) is 84.3 Å². The molecule has 5 heteroatoms. The minimum atomic E-state index is -0.175. The highest BCUT2D eigenvalue weighted by molar-refractivity contribution is 5.73. The summed E-state index contributed by atoms with van der Waals surface area (Å²) in [7, 11) is 1.73. The Morgan fingerprint density at radius 1 is 1.04 bits per heavy atom. The first-order valence-corrected chi connectivity index (χ1v) is 8.04. The van der Waals surface area contributed by atoms with Crippen LogP contribution in [0.5, 0.6) is 11.5 Å². The summed E-state index contributed by atoms with van der Waals surface area (Å²) in [6, 6.07) is 20.7. The largest absolute Gasteiger partial charge is 0.467 e. The predicted octanol–water partition coefficient (Wildman–Crippen LogP) is 4.41. The Morgan fingerprint density at radius 3 is 2.56 bits per heavy atom. The van der Waals surface area contributed by atoms with E-state index < -0.39 is 0 Å². The molecule has 0 spiro atoms. The fourth-order valence-corrected chi connectivity index (χ4v) is 2.38. The van der Waals surface area contributed by atoms with Gasteiger partial charge in [-0.3, -0.25) is 0 Å². The van der Waals surface area contributed by atoms with Gasteiger partial charge < -0.3 is 19.4 Å². The number of furan rings is 1. The molecule has 0 aliphatic carbocycles. The van der Waals surface area contributed by atoms with Crippen molar-refractivity contribution in [3.8, 4) is 11.5 Å². The van der Waals surface area contributed by atoms with Crippen LogP contribution in [-0.4, -0.2) is 18.0 Å². The maximum atomic E-state index is 12.2. The number of nitrogens with one attached hydrogen (secondary N) is 1. The molecule has 0 bridgehead atoms. The molecule has 0 fully saturated rings. The molecule has 0 aliphatic rings. The molecule has 2 aromatic carbocycles. The average Bonchev–Trinajstić information content (AvgIpc) is 3.14. The molecule has 0 saturated heterocycles. The van der Waals surface area contributed by atoms with Crippen LogP contribution in [-0.2, 0) is 13.1 Å². The standard InChI is InChI=1S/C20H20N2O3/c1-22(15-18-11-7-13-24-18)20(23)21-14-16-8-5-6-12-19(16)25-17-9-3-2-4-10-17/h2-13H,14-15H2,1H3,(H,21,23). The van der Waals surface area contributed by atoms with Crippen molar-refractivity contribution in [3.63, 3.8) is 0 Å². The molecule has 1 aromatic heterocycles. The Bertz CT molecular complexity index is 801. The Morgan fingerprint density at radius 2 is 1.80 bits per heavy atom. The van der Waals surface area contributed by atoms with Crippen LogP contribution in [0.4, 0.5) is 4.79 Å². The van der Waals surface area contributed by atoms with Gasteiger partial charge in [-0.2, -0.15) is 0 Å². The number of ether oxygens (including phenoxy) is 1. The zero-order chi connectivity index (χ0) is 17.5. The summed E-state index contributed by atoms with van der Waals surface area (Å²) in [5, 5.41) is 2.90. The fraction of sp³-hybridized carbons (Fsp3) is 0.150. The molecule has 1 heterocycles. The minimum absolute atomic E-state index is 0.175. The first-order chi connectivity index (χ1) is 12.2. The fourth-order valence-electron chi connectivity index (χ4n) is 2.38. The van der Waals surface area contributed by atoms with Crippen molar-refractivity contribution in [1.82, 2.24) is 10.2 Å². The second-order valence-electron chi connectivity index (χ2n) is 5.62. The van der Waals surface area contributed by atoms with E-state index >= 15 is 0 Å². The Balaban J connectivity index is 1.60. The van der Waals surface area contributed by atoms with Gasteiger partial charge in [0.25, 0.3) is 0 Å². The van der Waals surface area contributed by atoms with Crippen molar-refractivity contribution < 1.29 is 13.9 Å². The zero-order valence-electron chi connectivity index (χ0n) is 14.0. The molecule has 0 atom stereocenters. The van der Waals surface area contributed by atoms with Gasteiger partial charge in [-0.1, -0.05) is 36.4 Å². The van der Waals surface area contributed by atoms with Gasteiger partial charge in [0.15, 0.2) is 0 Å². The van der Waals surface area contributed by atoms with Crippen LogP contribution in [0.25, 0.3) is 0 Å². The molecule has 0 radical (unpaired) electrons. The van der Waals surface area contributed by atoms with Crippen molar-refractivity contribution in [2.75, 3.05) is 7.05 Å². The van der Waals surface area contributed by atoms with Gasteiger partial charge in [0.2, 0.25) is 0 Å². The van der Waals surface area contributed by atoms with E-state index in [1.54, 1.807) is 24.3 Å². The quantitative estimate of drug-likeness (QED) is 0.725. The van der Waals surface area contributed by atoms with E-state index in [4.69, 9.17) is 9.15 Å². The number of amides is 2. The molecule has 25 heavy (non-hydrogen) atoms. The van der Waals surface area contributed by atoms with Crippen molar-refractivity contribution >= 4 is 6.03 Å². The molecule has 0 unspecified atom stereocenters. The van der Waals surface area contributed by atoms with Gasteiger partial charge in [-0.05, 0) is 30.3 Å². The first-order valence-electron chi connectivity index (χ1n) is 8.04. The van der Waals surface area contributed by atoms with Gasteiger partial charge in [0.05, 0.1) is 12.8 Å². The normalized spacial score (nSPS) is 10.3. The number of hydrogen-bond acceptors (Lipinski definition) is 3. The number of para-hydroxylation sites is 2. The third-order valence-electron chi connectivity index (χ3n) is 3.69. The minimum Gasteiger partial charge on any atom is -0.467 e. The van der Waals surface area contributed by atoms with Crippen LogP contribution in [0.3, 0.4) is 0 Å². The molecule has 5 nitrogen and oxygen atoms in total. The van der Waals surface area contributed by atoms with Crippen LogP contribution in [0.1, 0.15) is 11.3 Å². The van der Waals surface area contributed by atoms with E-state index in [-0.39, 0.29) is 6.03 Å². The van der Waals surface area contributed by atoms with Crippen molar-refractivity contribution in [2.45, 2.75) is 13.1 Å². The number of urea groups is 1. The second kappa shape index (κ2) is 8.06. The van der Waals surface area contributed by atoms with Crippen molar-refractivity contribution in [2.24, 2.45) is 0 Å². The highest BCUT2D eigenvalue weighted by Crippen LogP contribution is 2.24. The average molecular weight is 336 g/mol. The summed E-state index contributed by atoms with van der Waals surface area (Å²) in [5.41, 5.74) is 0.908. The van der Waals surface area contributed by atoms with E-state index in [0.29, 0.717) is 13.1 Å². The number of hydrogen-bond donors (Lipinski definition) is 1. The van der Waals surface area contributed by atoms with Crippen LogP contribution in [0.2, 0.25) is 0 Å². The lowest BCUT2D eigenvalue weighted by Crippen LogP contribution is -2.36. The molecular weight excluding hydrogens is 316 g/mol. The lowest BCUT2D eigenvalue weighted by Gasteiger charge is -2.17. The maximum Gasteiger partial charge on any atom is 0.317 e.